The van der Waals surface area contributed by atoms with E-state index in [2.05, 4.69) is 5.32 Å². The molecule has 1 N–H and O–H groups in total. The zero-order valence-corrected chi connectivity index (χ0v) is 16.1. The number of carbonyl (C=O) groups is 3. The highest BCUT2D eigenvalue weighted by atomic mass is 16.2. The molecule has 1 spiro atoms. The van der Waals surface area contributed by atoms with Gasteiger partial charge in [-0.15, -0.1) is 0 Å². The molecular formula is C21H29N3O3. The van der Waals surface area contributed by atoms with Crippen LogP contribution in [0.3, 0.4) is 0 Å². The van der Waals surface area contributed by atoms with Crippen molar-refractivity contribution in [2.45, 2.75) is 45.1 Å². The van der Waals surface area contributed by atoms with E-state index >= 15 is 0 Å². The highest BCUT2D eigenvalue weighted by Gasteiger charge is 2.42. The number of nitrogens with one attached hydrogen (secondary N) is 1. The number of hydrogen-bond acceptors (Lipinski definition) is 3. The molecule has 2 fully saturated rings. The molecule has 6 nitrogen and oxygen atoms in total. The fourth-order valence-electron chi connectivity index (χ4n) is 4.31. The number of nitrogens with zero attached hydrogens (tertiary/aromatic N) is 2. The second-order valence-electron chi connectivity index (χ2n) is 7.83. The smallest absolute Gasteiger partial charge is 0.223 e. The van der Waals surface area contributed by atoms with Gasteiger partial charge in [-0.25, -0.2) is 0 Å². The van der Waals surface area contributed by atoms with E-state index in [1.54, 1.807) is 7.05 Å². The molecule has 1 aromatic rings. The first-order valence-electron chi connectivity index (χ1n) is 9.81. The Labute approximate surface area is 160 Å². The second kappa shape index (κ2) is 8.55. The summed E-state index contributed by atoms with van der Waals surface area (Å²) in [5, 5.41) is 2.56. The first-order chi connectivity index (χ1) is 13.0. The average molecular weight is 371 g/mol. The van der Waals surface area contributed by atoms with Crippen LogP contribution in [0.1, 0.15) is 44.1 Å². The van der Waals surface area contributed by atoms with Crippen molar-refractivity contribution in [2.24, 2.45) is 5.41 Å². The van der Waals surface area contributed by atoms with Crippen molar-refractivity contribution in [3.05, 3.63) is 35.9 Å². The molecule has 3 amide bonds. The van der Waals surface area contributed by atoms with Gasteiger partial charge < -0.3 is 15.1 Å². The van der Waals surface area contributed by atoms with E-state index in [1.165, 1.54) is 0 Å². The number of amides is 3. The van der Waals surface area contributed by atoms with Gasteiger partial charge in [0.2, 0.25) is 17.7 Å². The minimum atomic E-state index is -0.104. The largest absolute Gasteiger partial charge is 0.359 e. The van der Waals surface area contributed by atoms with Crippen LogP contribution in [0.5, 0.6) is 0 Å². The van der Waals surface area contributed by atoms with Gasteiger partial charge >= 0.3 is 0 Å². The predicted octanol–water partition coefficient (Wildman–Crippen LogP) is 1.94. The number of piperidine rings is 2. The Kier molecular flexibility index (Phi) is 6.14. The highest BCUT2D eigenvalue weighted by Crippen LogP contribution is 2.39. The fourth-order valence-corrected chi connectivity index (χ4v) is 4.31. The third-order valence-corrected chi connectivity index (χ3v) is 5.82. The Morgan fingerprint density at radius 2 is 1.89 bits per heavy atom. The molecular weight excluding hydrogens is 342 g/mol. The quantitative estimate of drug-likeness (QED) is 0.860. The van der Waals surface area contributed by atoms with Crippen LogP contribution in [0.2, 0.25) is 0 Å². The van der Waals surface area contributed by atoms with E-state index in [-0.39, 0.29) is 36.0 Å². The second-order valence-corrected chi connectivity index (χ2v) is 7.83. The van der Waals surface area contributed by atoms with Crippen molar-refractivity contribution in [1.29, 1.82) is 0 Å². The summed E-state index contributed by atoms with van der Waals surface area (Å²) >= 11 is 0. The van der Waals surface area contributed by atoms with Gasteiger partial charge in [0.05, 0.1) is 0 Å². The molecule has 3 rings (SSSR count). The maximum Gasteiger partial charge on any atom is 0.223 e. The third-order valence-electron chi connectivity index (χ3n) is 5.82. The lowest BCUT2D eigenvalue weighted by Crippen LogP contribution is -2.54. The van der Waals surface area contributed by atoms with Gasteiger partial charge in [-0.05, 0) is 24.8 Å². The Morgan fingerprint density at radius 1 is 1.11 bits per heavy atom. The maximum atomic E-state index is 12.5. The first-order valence-corrected chi connectivity index (χ1v) is 9.81. The van der Waals surface area contributed by atoms with Gasteiger partial charge in [0.1, 0.15) is 0 Å². The Morgan fingerprint density at radius 3 is 2.63 bits per heavy atom. The minimum Gasteiger partial charge on any atom is -0.359 e. The molecule has 2 aliphatic rings. The van der Waals surface area contributed by atoms with Crippen molar-refractivity contribution in [2.75, 3.05) is 26.7 Å². The lowest BCUT2D eigenvalue weighted by atomic mass is 9.73. The minimum absolute atomic E-state index is 0.0103. The van der Waals surface area contributed by atoms with Crippen LogP contribution in [-0.4, -0.2) is 54.2 Å². The van der Waals surface area contributed by atoms with E-state index in [1.807, 2.05) is 40.1 Å². The number of rotatable bonds is 5. The Hall–Kier alpha value is -2.37. The van der Waals surface area contributed by atoms with Crippen LogP contribution in [0.25, 0.3) is 0 Å². The number of carbonyl (C=O) groups excluding carboxylic acids is 3. The van der Waals surface area contributed by atoms with Crippen molar-refractivity contribution in [3.8, 4) is 0 Å². The van der Waals surface area contributed by atoms with Gasteiger partial charge in [-0.3, -0.25) is 14.4 Å². The van der Waals surface area contributed by atoms with E-state index in [9.17, 15) is 14.4 Å². The molecule has 0 aromatic heterocycles. The first kappa shape index (κ1) is 19.4. The van der Waals surface area contributed by atoms with Crippen molar-refractivity contribution in [1.82, 2.24) is 15.1 Å². The zero-order valence-electron chi connectivity index (χ0n) is 16.1. The van der Waals surface area contributed by atoms with Crippen LogP contribution in [0, 0.1) is 5.41 Å². The van der Waals surface area contributed by atoms with Crippen LogP contribution < -0.4 is 5.32 Å². The molecule has 0 saturated carbocycles. The SMILES string of the molecule is CNC(=O)CCC(=O)N1CCC[C@]2(CCC(=O)N(Cc3ccccc3)C2)C1. The summed E-state index contributed by atoms with van der Waals surface area (Å²) in [6.07, 6.45) is 3.88. The van der Waals surface area contributed by atoms with E-state index in [0.717, 1.165) is 31.4 Å². The molecule has 0 radical (unpaired) electrons. The third kappa shape index (κ3) is 4.87. The monoisotopic (exact) mass is 371 g/mol. The maximum absolute atomic E-state index is 12.5. The van der Waals surface area contributed by atoms with E-state index in [0.29, 0.717) is 26.1 Å². The number of likely N-dealkylation sites (tertiary alicyclic amines) is 2. The summed E-state index contributed by atoms with van der Waals surface area (Å²) in [5.41, 5.74) is 1.13. The molecule has 6 heteroatoms. The molecule has 2 heterocycles. The van der Waals surface area contributed by atoms with Gasteiger partial charge in [0, 0.05) is 57.9 Å². The molecule has 1 aromatic carbocycles. The fraction of sp³-hybridized carbons (Fsp3) is 0.571. The summed E-state index contributed by atoms with van der Waals surface area (Å²) in [6.45, 7) is 2.78. The average Bonchev–Trinajstić information content (AvgIpc) is 2.69. The zero-order chi connectivity index (χ0) is 19.3. The summed E-state index contributed by atoms with van der Waals surface area (Å²) in [7, 11) is 1.59. The molecule has 2 aliphatic heterocycles. The number of hydrogen-bond donors (Lipinski definition) is 1. The lowest BCUT2D eigenvalue weighted by Gasteiger charge is -2.48. The topological polar surface area (TPSA) is 69.7 Å². The summed E-state index contributed by atoms with van der Waals surface area (Å²) in [5.74, 6) is 0.143. The number of benzene rings is 1. The molecule has 146 valence electrons. The predicted molar refractivity (Wildman–Crippen MR) is 103 cm³/mol. The molecule has 0 aliphatic carbocycles. The Balaban J connectivity index is 1.63. The van der Waals surface area contributed by atoms with E-state index < -0.39 is 0 Å². The molecule has 0 bridgehead atoms. The summed E-state index contributed by atoms with van der Waals surface area (Å²) in [4.78, 5) is 40.3. The normalized spacial score (nSPS) is 22.8. The van der Waals surface area contributed by atoms with Gasteiger partial charge in [0.15, 0.2) is 0 Å². The van der Waals surface area contributed by atoms with Crippen LogP contribution >= 0.6 is 0 Å². The molecule has 27 heavy (non-hydrogen) atoms. The van der Waals surface area contributed by atoms with E-state index in [4.69, 9.17) is 0 Å². The van der Waals surface area contributed by atoms with Gasteiger partial charge in [0.25, 0.3) is 0 Å². The lowest BCUT2D eigenvalue weighted by molar-refractivity contribution is -0.144. The molecule has 2 saturated heterocycles. The van der Waals surface area contributed by atoms with Crippen LogP contribution in [0.15, 0.2) is 30.3 Å². The van der Waals surface area contributed by atoms with Crippen molar-refractivity contribution in [3.63, 3.8) is 0 Å². The van der Waals surface area contributed by atoms with Gasteiger partial charge in [-0.2, -0.15) is 0 Å². The van der Waals surface area contributed by atoms with Crippen molar-refractivity contribution >= 4 is 17.7 Å². The van der Waals surface area contributed by atoms with Crippen molar-refractivity contribution < 1.29 is 14.4 Å². The van der Waals surface area contributed by atoms with Crippen LogP contribution in [-0.2, 0) is 20.9 Å². The Bertz CT molecular complexity index is 691. The summed E-state index contributed by atoms with van der Waals surface area (Å²) < 4.78 is 0. The standard InChI is InChI=1S/C21H29N3O3/c1-22-18(25)8-9-19(26)23-13-5-11-21(15-23)12-10-20(27)24(16-21)14-17-6-3-2-4-7-17/h2-4,6-7H,5,8-16H2,1H3,(H,22,25)/t21-/m0/s1. The summed E-state index contributed by atoms with van der Waals surface area (Å²) in [6, 6.07) is 10.1. The highest BCUT2D eigenvalue weighted by molar-refractivity contribution is 5.83. The molecule has 0 unspecified atom stereocenters. The van der Waals surface area contributed by atoms with Crippen LogP contribution in [0.4, 0.5) is 0 Å². The van der Waals surface area contributed by atoms with Gasteiger partial charge in [-0.1, -0.05) is 30.3 Å². The molecule has 1 atom stereocenters.